The predicted octanol–water partition coefficient (Wildman–Crippen LogP) is 4.16. The Kier molecular flexibility index (Phi) is 4.93. The SMILES string of the molecule is Cc1ccc(NC(=O)CC(c2ccccc2)c2nnc(C)o2)c(C)c1. The van der Waals surface area contributed by atoms with E-state index < -0.39 is 0 Å². The molecule has 0 bridgehead atoms. The van der Waals surface area contributed by atoms with E-state index in [0.29, 0.717) is 11.8 Å². The summed E-state index contributed by atoms with van der Waals surface area (Å²) in [7, 11) is 0. The third-order valence-electron chi connectivity index (χ3n) is 4.09. The van der Waals surface area contributed by atoms with Crippen molar-refractivity contribution in [2.45, 2.75) is 33.1 Å². The predicted molar refractivity (Wildman–Crippen MR) is 96.5 cm³/mol. The Morgan fingerprint density at radius 1 is 1.08 bits per heavy atom. The number of hydrogen-bond donors (Lipinski definition) is 1. The first-order valence-electron chi connectivity index (χ1n) is 8.25. The molecule has 1 heterocycles. The maximum Gasteiger partial charge on any atom is 0.225 e. The Balaban J connectivity index is 1.81. The number of benzene rings is 2. The Morgan fingerprint density at radius 3 is 2.48 bits per heavy atom. The number of nitrogens with one attached hydrogen (secondary N) is 1. The molecular weight excluding hydrogens is 314 g/mol. The lowest BCUT2D eigenvalue weighted by Crippen LogP contribution is -2.17. The van der Waals surface area contributed by atoms with Crippen LogP contribution in [0, 0.1) is 20.8 Å². The molecule has 3 rings (SSSR count). The molecule has 128 valence electrons. The maximum atomic E-state index is 12.6. The molecule has 5 heteroatoms. The van der Waals surface area contributed by atoms with Crippen molar-refractivity contribution >= 4 is 11.6 Å². The number of aryl methyl sites for hydroxylation is 3. The summed E-state index contributed by atoms with van der Waals surface area (Å²) in [5, 5.41) is 11.0. The Hall–Kier alpha value is -2.95. The molecule has 0 spiro atoms. The number of aromatic nitrogens is 2. The van der Waals surface area contributed by atoms with E-state index >= 15 is 0 Å². The van der Waals surface area contributed by atoms with Crippen LogP contribution in [0.15, 0.2) is 52.9 Å². The smallest absolute Gasteiger partial charge is 0.225 e. The second-order valence-electron chi connectivity index (χ2n) is 6.19. The monoisotopic (exact) mass is 335 g/mol. The van der Waals surface area contributed by atoms with Gasteiger partial charge in [0.05, 0.1) is 5.92 Å². The van der Waals surface area contributed by atoms with Crippen LogP contribution in [0.5, 0.6) is 0 Å². The van der Waals surface area contributed by atoms with Crippen molar-refractivity contribution in [3.63, 3.8) is 0 Å². The minimum atomic E-state index is -0.270. The summed E-state index contributed by atoms with van der Waals surface area (Å²) in [6, 6.07) is 15.7. The first-order valence-corrected chi connectivity index (χ1v) is 8.25. The quantitative estimate of drug-likeness (QED) is 0.760. The molecular formula is C20H21N3O2. The summed E-state index contributed by atoms with van der Waals surface area (Å²) in [6.07, 6.45) is 0.235. The summed E-state index contributed by atoms with van der Waals surface area (Å²) >= 11 is 0. The van der Waals surface area contributed by atoms with Crippen molar-refractivity contribution in [3.05, 3.63) is 77.0 Å². The van der Waals surface area contributed by atoms with E-state index in [1.165, 1.54) is 5.56 Å². The Labute approximate surface area is 147 Å². The fraction of sp³-hybridized carbons (Fsp3) is 0.250. The average molecular weight is 335 g/mol. The molecule has 1 N–H and O–H groups in total. The molecule has 1 atom stereocenters. The Bertz CT molecular complexity index is 872. The van der Waals surface area contributed by atoms with E-state index in [9.17, 15) is 4.79 Å². The highest BCUT2D eigenvalue weighted by Crippen LogP contribution is 2.28. The van der Waals surface area contributed by atoms with Crippen LogP contribution in [0.1, 0.15) is 40.8 Å². The van der Waals surface area contributed by atoms with Gasteiger partial charge in [0.1, 0.15) is 0 Å². The molecule has 1 amide bonds. The fourth-order valence-electron chi connectivity index (χ4n) is 2.83. The topological polar surface area (TPSA) is 68.0 Å². The fourth-order valence-corrected chi connectivity index (χ4v) is 2.83. The van der Waals surface area contributed by atoms with Crippen molar-refractivity contribution in [2.75, 3.05) is 5.32 Å². The molecule has 2 aromatic carbocycles. The summed E-state index contributed by atoms with van der Waals surface area (Å²) in [6.45, 7) is 5.76. The zero-order chi connectivity index (χ0) is 17.8. The zero-order valence-electron chi connectivity index (χ0n) is 14.6. The third-order valence-corrected chi connectivity index (χ3v) is 4.09. The highest BCUT2D eigenvalue weighted by atomic mass is 16.4. The van der Waals surface area contributed by atoms with Gasteiger partial charge in [-0.15, -0.1) is 10.2 Å². The molecule has 0 aliphatic carbocycles. The van der Waals surface area contributed by atoms with Gasteiger partial charge < -0.3 is 9.73 Å². The van der Waals surface area contributed by atoms with Crippen molar-refractivity contribution in [1.82, 2.24) is 10.2 Å². The van der Waals surface area contributed by atoms with E-state index in [4.69, 9.17) is 4.42 Å². The number of amides is 1. The molecule has 0 fully saturated rings. The number of carbonyl (C=O) groups is 1. The second kappa shape index (κ2) is 7.30. The van der Waals surface area contributed by atoms with E-state index in [2.05, 4.69) is 15.5 Å². The van der Waals surface area contributed by atoms with Crippen LogP contribution in [0.2, 0.25) is 0 Å². The highest BCUT2D eigenvalue weighted by Gasteiger charge is 2.23. The van der Waals surface area contributed by atoms with Gasteiger partial charge in [0.2, 0.25) is 17.7 Å². The van der Waals surface area contributed by atoms with Gasteiger partial charge in [0.15, 0.2) is 0 Å². The number of hydrogen-bond acceptors (Lipinski definition) is 4. The molecule has 1 aromatic heterocycles. The minimum Gasteiger partial charge on any atom is -0.425 e. The first-order chi connectivity index (χ1) is 12.0. The minimum absolute atomic E-state index is 0.0864. The van der Waals surface area contributed by atoms with Gasteiger partial charge in [-0.2, -0.15) is 0 Å². The third kappa shape index (κ3) is 4.12. The normalized spacial score (nSPS) is 12.0. The number of anilines is 1. The first kappa shape index (κ1) is 16.9. The highest BCUT2D eigenvalue weighted by molar-refractivity contribution is 5.92. The van der Waals surface area contributed by atoms with Crippen LogP contribution in [0.4, 0.5) is 5.69 Å². The summed E-state index contributed by atoms with van der Waals surface area (Å²) in [5.74, 6) is 0.593. The van der Waals surface area contributed by atoms with Crippen LogP contribution in [-0.2, 0) is 4.79 Å². The van der Waals surface area contributed by atoms with Crippen LogP contribution in [0.3, 0.4) is 0 Å². The van der Waals surface area contributed by atoms with Gasteiger partial charge in [-0.05, 0) is 31.0 Å². The molecule has 0 saturated heterocycles. The van der Waals surface area contributed by atoms with Crippen molar-refractivity contribution < 1.29 is 9.21 Å². The standard InChI is InChI=1S/C20H21N3O2/c1-13-9-10-18(14(2)11-13)21-19(24)12-17(16-7-5-4-6-8-16)20-23-22-15(3)25-20/h4-11,17H,12H2,1-3H3,(H,21,24). The lowest BCUT2D eigenvalue weighted by molar-refractivity contribution is -0.116. The van der Waals surface area contributed by atoms with Gasteiger partial charge in [-0.25, -0.2) is 0 Å². The van der Waals surface area contributed by atoms with Crippen LogP contribution < -0.4 is 5.32 Å². The van der Waals surface area contributed by atoms with Gasteiger partial charge in [0.25, 0.3) is 0 Å². The number of rotatable bonds is 5. The van der Waals surface area contributed by atoms with Gasteiger partial charge in [-0.1, -0.05) is 48.0 Å². The lowest BCUT2D eigenvalue weighted by atomic mass is 9.95. The van der Waals surface area contributed by atoms with E-state index in [0.717, 1.165) is 16.8 Å². The molecule has 1 unspecified atom stereocenters. The molecule has 0 radical (unpaired) electrons. The van der Waals surface area contributed by atoms with Crippen molar-refractivity contribution in [2.24, 2.45) is 0 Å². The average Bonchev–Trinajstić information content (AvgIpc) is 3.02. The summed E-state index contributed by atoms with van der Waals surface area (Å²) in [5.41, 5.74) is 4.00. The number of nitrogens with zero attached hydrogens (tertiary/aromatic N) is 2. The van der Waals surface area contributed by atoms with Crippen molar-refractivity contribution in [1.29, 1.82) is 0 Å². The molecule has 0 saturated carbocycles. The lowest BCUT2D eigenvalue weighted by Gasteiger charge is -2.14. The van der Waals surface area contributed by atoms with Gasteiger partial charge >= 0.3 is 0 Å². The van der Waals surface area contributed by atoms with Crippen LogP contribution in [-0.4, -0.2) is 16.1 Å². The maximum absolute atomic E-state index is 12.6. The summed E-state index contributed by atoms with van der Waals surface area (Å²) < 4.78 is 5.59. The van der Waals surface area contributed by atoms with Gasteiger partial charge in [0, 0.05) is 19.0 Å². The Morgan fingerprint density at radius 2 is 1.84 bits per heavy atom. The second-order valence-corrected chi connectivity index (χ2v) is 6.19. The molecule has 0 aliphatic rings. The number of carbonyl (C=O) groups excluding carboxylic acids is 1. The molecule has 3 aromatic rings. The zero-order valence-corrected chi connectivity index (χ0v) is 14.6. The van der Waals surface area contributed by atoms with Crippen LogP contribution in [0.25, 0.3) is 0 Å². The van der Waals surface area contributed by atoms with Crippen molar-refractivity contribution in [3.8, 4) is 0 Å². The molecule has 5 nitrogen and oxygen atoms in total. The molecule has 0 aliphatic heterocycles. The summed E-state index contributed by atoms with van der Waals surface area (Å²) in [4.78, 5) is 12.6. The van der Waals surface area contributed by atoms with E-state index in [1.54, 1.807) is 6.92 Å². The largest absolute Gasteiger partial charge is 0.425 e. The van der Waals surface area contributed by atoms with Crippen LogP contribution >= 0.6 is 0 Å². The van der Waals surface area contributed by atoms with E-state index in [1.807, 2.05) is 62.4 Å². The van der Waals surface area contributed by atoms with E-state index in [-0.39, 0.29) is 18.2 Å². The molecule has 25 heavy (non-hydrogen) atoms. The van der Waals surface area contributed by atoms with Gasteiger partial charge in [-0.3, -0.25) is 4.79 Å².